The van der Waals surface area contributed by atoms with Crippen molar-refractivity contribution in [2.45, 2.75) is 131 Å². The lowest BCUT2D eigenvalue weighted by molar-refractivity contribution is -0.143. The first-order valence-electron chi connectivity index (χ1n) is 15.4. The zero-order valence-electron chi connectivity index (χ0n) is 27.5. The molecule has 2 unspecified atom stereocenters. The number of benzene rings is 2. The van der Waals surface area contributed by atoms with Gasteiger partial charge in [0.2, 0.25) is 0 Å². The van der Waals surface area contributed by atoms with Crippen LogP contribution in [0, 0.1) is 25.2 Å². The summed E-state index contributed by atoms with van der Waals surface area (Å²) in [7, 11) is 0. The first-order chi connectivity index (χ1) is 18.9. The van der Waals surface area contributed by atoms with E-state index < -0.39 is 17.1 Å². The molecular formula is C36H55NO4. The number of aryl methyl sites for hydroxylation is 2. The van der Waals surface area contributed by atoms with E-state index in [0.717, 1.165) is 49.7 Å². The number of carboxylic acid groups (broad SMARTS) is 1. The molecule has 0 aliphatic heterocycles. The van der Waals surface area contributed by atoms with Gasteiger partial charge in [-0.2, -0.15) is 0 Å². The van der Waals surface area contributed by atoms with Crippen LogP contribution in [0.4, 0.5) is 0 Å². The lowest BCUT2D eigenvalue weighted by Crippen LogP contribution is -2.49. The number of nitrogens with one attached hydrogen (secondary N) is 1. The molecule has 0 saturated heterocycles. The van der Waals surface area contributed by atoms with Crippen molar-refractivity contribution in [2.24, 2.45) is 11.3 Å². The van der Waals surface area contributed by atoms with Gasteiger partial charge in [0.1, 0.15) is 5.54 Å². The maximum atomic E-state index is 12.9. The van der Waals surface area contributed by atoms with Crippen LogP contribution in [0.1, 0.15) is 133 Å². The normalized spacial score (nSPS) is 14.8. The van der Waals surface area contributed by atoms with E-state index in [1.165, 1.54) is 30.5 Å². The summed E-state index contributed by atoms with van der Waals surface area (Å²) in [6.45, 7) is 22.3. The molecule has 0 aliphatic carbocycles. The van der Waals surface area contributed by atoms with Crippen molar-refractivity contribution >= 4 is 11.9 Å². The molecule has 2 atom stereocenters. The number of hydrogen-bond donors (Lipinski definition) is 3. The second-order valence-corrected chi connectivity index (χ2v) is 13.7. The first-order valence-corrected chi connectivity index (χ1v) is 15.4. The highest BCUT2D eigenvalue weighted by molar-refractivity contribution is 5.98. The Morgan fingerprint density at radius 3 is 1.85 bits per heavy atom. The second kappa shape index (κ2) is 13.1. The summed E-state index contributed by atoms with van der Waals surface area (Å²) >= 11 is 0. The Kier molecular flexibility index (Phi) is 11.0. The molecule has 0 aromatic heterocycles. The fourth-order valence-corrected chi connectivity index (χ4v) is 6.38. The third-order valence-electron chi connectivity index (χ3n) is 9.64. The van der Waals surface area contributed by atoms with Gasteiger partial charge in [-0.25, -0.2) is 4.79 Å². The molecule has 2 aromatic carbocycles. The van der Waals surface area contributed by atoms with Crippen LogP contribution in [0.25, 0.3) is 0 Å². The molecule has 0 bridgehead atoms. The standard InChI is InChI=1S/C36H55NO4/c1-12-15-20-36(41,33(7,8)9)26(6)23-27-16-17-28(21-24(27)4)35(13-2,14-3)29-18-19-30(25(5)22-29)31(38)37-34(10,11)32(39)40/h16-19,21-22,26,41H,12-15,20,23H2,1-11H3,(H,37,38)(H,39,40). The minimum Gasteiger partial charge on any atom is -0.480 e. The van der Waals surface area contributed by atoms with Gasteiger partial charge < -0.3 is 15.5 Å². The van der Waals surface area contributed by atoms with Crippen molar-refractivity contribution in [3.63, 3.8) is 0 Å². The van der Waals surface area contributed by atoms with Crippen molar-refractivity contribution in [3.8, 4) is 0 Å². The molecule has 228 valence electrons. The Balaban J connectivity index is 2.44. The van der Waals surface area contributed by atoms with E-state index in [1.54, 1.807) is 0 Å². The summed E-state index contributed by atoms with van der Waals surface area (Å²) in [5.74, 6) is -1.34. The number of carbonyl (C=O) groups is 2. The summed E-state index contributed by atoms with van der Waals surface area (Å²) in [5, 5.41) is 23.9. The van der Waals surface area contributed by atoms with Gasteiger partial charge in [0, 0.05) is 11.0 Å². The zero-order chi connectivity index (χ0) is 31.4. The SMILES string of the molecule is CCCCC(O)(C(C)Cc1ccc(C(CC)(CC)c2ccc(C(=O)NC(C)(C)C(=O)O)c(C)c2)cc1C)C(C)(C)C. The van der Waals surface area contributed by atoms with Crippen LogP contribution < -0.4 is 5.32 Å². The molecule has 0 aliphatic rings. The van der Waals surface area contributed by atoms with Crippen LogP contribution in [-0.2, 0) is 16.6 Å². The summed E-state index contributed by atoms with van der Waals surface area (Å²) in [5.41, 5.74) is 3.68. The van der Waals surface area contributed by atoms with Crippen LogP contribution in [-0.4, -0.2) is 33.2 Å². The minimum atomic E-state index is -1.35. The van der Waals surface area contributed by atoms with E-state index in [4.69, 9.17) is 0 Å². The quantitative estimate of drug-likeness (QED) is 0.229. The Labute approximate surface area is 249 Å². The van der Waals surface area contributed by atoms with E-state index in [1.807, 2.05) is 19.1 Å². The largest absolute Gasteiger partial charge is 0.480 e. The smallest absolute Gasteiger partial charge is 0.328 e. The summed E-state index contributed by atoms with van der Waals surface area (Å²) in [6.07, 6.45) is 5.52. The number of rotatable bonds is 13. The lowest BCUT2D eigenvalue weighted by atomic mass is 9.65. The van der Waals surface area contributed by atoms with Crippen molar-refractivity contribution in [2.75, 3.05) is 0 Å². The Bertz CT molecular complexity index is 1220. The number of aliphatic hydroxyl groups is 1. The number of carboxylic acids is 1. The Morgan fingerprint density at radius 2 is 1.41 bits per heavy atom. The molecule has 2 rings (SSSR count). The number of amides is 1. The topological polar surface area (TPSA) is 86.6 Å². The monoisotopic (exact) mass is 565 g/mol. The molecular weight excluding hydrogens is 510 g/mol. The number of carbonyl (C=O) groups excluding carboxylic acids is 1. The van der Waals surface area contributed by atoms with E-state index >= 15 is 0 Å². The molecule has 41 heavy (non-hydrogen) atoms. The van der Waals surface area contributed by atoms with Crippen LogP contribution in [0.5, 0.6) is 0 Å². The zero-order valence-corrected chi connectivity index (χ0v) is 27.5. The molecule has 3 N–H and O–H groups in total. The fraction of sp³-hybridized carbons (Fsp3) is 0.611. The molecule has 0 spiro atoms. The Hall–Kier alpha value is -2.66. The third-order valence-corrected chi connectivity index (χ3v) is 9.64. The van der Waals surface area contributed by atoms with Gasteiger partial charge in [-0.3, -0.25) is 4.79 Å². The average Bonchev–Trinajstić information content (AvgIpc) is 2.88. The van der Waals surface area contributed by atoms with Crippen molar-refractivity contribution in [3.05, 3.63) is 69.8 Å². The Morgan fingerprint density at radius 1 is 0.878 bits per heavy atom. The molecule has 0 radical (unpaired) electrons. The van der Waals surface area contributed by atoms with E-state index in [2.05, 4.69) is 85.0 Å². The van der Waals surface area contributed by atoms with Crippen LogP contribution >= 0.6 is 0 Å². The highest BCUT2D eigenvalue weighted by Crippen LogP contribution is 2.43. The van der Waals surface area contributed by atoms with Gasteiger partial charge in [0.05, 0.1) is 5.60 Å². The van der Waals surface area contributed by atoms with Crippen LogP contribution in [0.15, 0.2) is 36.4 Å². The predicted octanol–water partition coefficient (Wildman–Crippen LogP) is 8.15. The fourth-order valence-electron chi connectivity index (χ4n) is 6.38. The summed E-state index contributed by atoms with van der Waals surface area (Å²) in [4.78, 5) is 24.4. The maximum Gasteiger partial charge on any atom is 0.328 e. The van der Waals surface area contributed by atoms with Gasteiger partial charge >= 0.3 is 5.97 Å². The van der Waals surface area contributed by atoms with Crippen molar-refractivity contribution in [1.29, 1.82) is 0 Å². The molecule has 5 heteroatoms. The van der Waals surface area contributed by atoms with E-state index in [9.17, 15) is 19.8 Å². The van der Waals surface area contributed by atoms with E-state index in [0.29, 0.717) is 5.56 Å². The van der Waals surface area contributed by atoms with Crippen molar-refractivity contribution < 1.29 is 19.8 Å². The molecule has 5 nitrogen and oxygen atoms in total. The molecule has 0 saturated carbocycles. The molecule has 0 heterocycles. The van der Waals surface area contributed by atoms with Crippen LogP contribution in [0.2, 0.25) is 0 Å². The van der Waals surface area contributed by atoms with Crippen LogP contribution in [0.3, 0.4) is 0 Å². The second-order valence-electron chi connectivity index (χ2n) is 13.7. The number of unbranched alkanes of at least 4 members (excludes halogenated alkanes) is 1. The molecule has 1 amide bonds. The van der Waals surface area contributed by atoms with Gasteiger partial charge in [-0.15, -0.1) is 0 Å². The van der Waals surface area contributed by atoms with Gasteiger partial charge in [0.15, 0.2) is 0 Å². The summed E-state index contributed by atoms with van der Waals surface area (Å²) in [6, 6.07) is 12.7. The average molecular weight is 566 g/mol. The van der Waals surface area contributed by atoms with Gasteiger partial charge in [0.25, 0.3) is 5.91 Å². The highest BCUT2D eigenvalue weighted by atomic mass is 16.4. The van der Waals surface area contributed by atoms with E-state index in [-0.39, 0.29) is 22.7 Å². The summed E-state index contributed by atoms with van der Waals surface area (Å²) < 4.78 is 0. The molecule has 2 aromatic rings. The van der Waals surface area contributed by atoms with Crippen molar-refractivity contribution in [1.82, 2.24) is 5.32 Å². The molecule has 0 fully saturated rings. The maximum absolute atomic E-state index is 12.9. The lowest BCUT2D eigenvalue weighted by Gasteiger charge is -2.45. The van der Waals surface area contributed by atoms with Gasteiger partial charge in [-0.05, 0) is 98.6 Å². The minimum absolute atomic E-state index is 0.119. The number of hydrogen-bond acceptors (Lipinski definition) is 3. The third kappa shape index (κ3) is 7.23. The predicted molar refractivity (Wildman–Crippen MR) is 170 cm³/mol. The highest BCUT2D eigenvalue weighted by Gasteiger charge is 2.44. The first kappa shape index (κ1) is 34.5. The number of aliphatic carboxylic acids is 1. The van der Waals surface area contributed by atoms with Gasteiger partial charge in [-0.1, -0.05) is 91.6 Å².